The van der Waals surface area contributed by atoms with Crippen LogP contribution in [0.5, 0.6) is 5.75 Å². The number of benzene rings is 1. The SMILES string of the molecule is CN1CC[C@H]2[C@@H](CC[C@H](c3cccc(OC(=O)N(C)C)c3)N2C)C1. The summed E-state index contributed by atoms with van der Waals surface area (Å²) in [5.74, 6) is 1.41. The van der Waals surface area contributed by atoms with Gasteiger partial charge in [-0.3, -0.25) is 4.90 Å². The number of likely N-dealkylation sites (tertiary alicyclic amines) is 2. The first-order valence-electron chi connectivity index (χ1n) is 8.85. The molecule has 132 valence electrons. The molecular weight excluding hydrogens is 302 g/mol. The molecule has 2 saturated heterocycles. The minimum Gasteiger partial charge on any atom is -0.410 e. The smallest absolute Gasteiger partial charge is 0.410 e. The second-order valence-electron chi connectivity index (χ2n) is 7.47. The zero-order valence-electron chi connectivity index (χ0n) is 15.2. The van der Waals surface area contributed by atoms with Crippen molar-refractivity contribution in [3.05, 3.63) is 29.8 Å². The first-order valence-corrected chi connectivity index (χ1v) is 8.85. The molecule has 3 atom stereocenters. The summed E-state index contributed by atoms with van der Waals surface area (Å²) < 4.78 is 5.43. The van der Waals surface area contributed by atoms with E-state index in [4.69, 9.17) is 4.74 Å². The topological polar surface area (TPSA) is 36.0 Å². The van der Waals surface area contributed by atoms with Crippen molar-refractivity contribution in [2.45, 2.75) is 31.3 Å². The molecule has 2 aliphatic rings. The predicted molar refractivity (Wildman–Crippen MR) is 95.3 cm³/mol. The Morgan fingerprint density at radius 2 is 2.00 bits per heavy atom. The van der Waals surface area contributed by atoms with Gasteiger partial charge in [0.2, 0.25) is 0 Å². The fourth-order valence-corrected chi connectivity index (χ4v) is 4.21. The molecule has 24 heavy (non-hydrogen) atoms. The molecule has 5 heteroatoms. The second kappa shape index (κ2) is 7.11. The van der Waals surface area contributed by atoms with E-state index in [2.05, 4.69) is 30.0 Å². The van der Waals surface area contributed by atoms with Crippen LogP contribution in [-0.4, -0.2) is 68.1 Å². The molecule has 0 bridgehead atoms. The Balaban J connectivity index is 1.73. The number of rotatable bonds is 2. The number of nitrogens with zero attached hydrogens (tertiary/aromatic N) is 3. The monoisotopic (exact) mass is 331 g/mol. The van der Waals surface area contributed by atoms with E-state index in [9.17, 15) is 4.79 Å². The highest BCUT2D eigenvalue weighted by Gasteiger charge is 2.38. The molecule has 0 aliphatic carbocycles. The van der Waals surface area contributed by atoms with E-state index in [0.717, 1.165) is 12.3 Å². The van der Waals surface area contributed by atoms with Gasteiger partial charge in [0.25, 0.3) is 0 Å². The molecule has 5 nitrogen and oxygen atoms in total. The van der Waals surface area contributed by atoms with Crippen LogP contribution in [0.3, 0.4) is 0 Å². The van der Waals surface area contributed by atoms with Crippen LogP contribution in [0.15, 0.2) is 24.3 Å². The molecule has 0 radical (unpaired) electrons. The Labute approximate surface area is 145 Å². The Bertz CT molecular complexity index is 590. The number of piperidine rings is 2. The van der Waals surface area contributed by atoms with Gasteiger partial charge in [0.1, 0.15) is 5.75 Å². The van der Waals surface area contributed by atoms with Crippen molar-refractivity contribution < 1.29 is 9.53 Å². The maximum absolute atomic E-state index is 11.8. The number of carbonyl (C=O) groups excluding carboxylic acids is 1. The Hall–Kier alpha value is -1.59. The fourth-order valence-electron chi connectivity index (χ4n) is 4.21. The Kier molecular flexibility index (Phi) is 5.11. The largest absolute Gasteiger partial charge is 0.414 e. The van der Waals surface area contributed by atoms with Crippen molar-refractivity contribution >= 4 is 6.09 Å². The van der Waals surface area contributed by atoms with Crippen molar-refractivity contribution in [3.8, 4) is 5.75 Å². The summed E-state index contributed by atoms with van der Waals surface area (Å²) in [4.78, 5) is 18.2. The lowest BCUT2D eigenvalue weighted by Gasteiger charge is -2.49. The molecule has 0 saturated carbocycles. The molecular formula is C19H29N3O2. The second-order valence-corrected chi connectivity index (χ2v) is 7.47. The number of fused-ring (bicyclic) bond motifs is 1. The third-order valence-electron chi connectivity index (χ3n) is 5.54. The van der Waals surface area contributed by atoms with E-state index in [1.165, 1.54) is 36.4 Å². The summed E-state index contributed by atoms with van der Waals surface area (Å²) in [7, 11) is 7.87. The highest BCUT2D eigenvalue weighted by Crippen LogP contribution is 2.40. The minimum absolute atomic E-state index is 0.334. The first-order chi connectivity index (χ1) is 11.5. The molecule has 2 aliphatic heterocycles. The lowest BCUT2D eigenvalue weighted by Crippen LogP contribution is -2.52. The van der Waals surface area contributed by atoms with Gasteiger partial charge < -0.3 is 14.5 Å². The van der Waals surface area contributed by atoms with E-state index in [-0.39, 0.29) is 6.09 Å². The third kappa shape index (κ3) is 3.57. The normalized spacial score (nSPS) is 28.2. The average Bonchev–Trinajstić information content (AvgIpc) is 2.55. The lowest BCUT2D eigenvalue weighted by atomic mass is 9.80. The average molecular weight is 331 g/mol. The molecule has 0 aromatic heterocycles. The van der Waals surface area contributed by atoms with Gasteiger partial charge in [-0.25, -0.2) is 4.79 Å². The summed E-state index contributed by atoms with van der Waals surface area (Å²) >= 11 is 0. The number of ether oxygens (including phenoxy) is 1. The van der Waals surface area contributed by atoms with Crippen LogP contribution in [-0.2, 0) is 0 Å². The van der Waals surface area contributed by atoms with Gasteiger partial charge in [-0.05, 0) is 63.5 Å². The van der Waals surface area contributed by atoms with Crippen LogP contribution in [0.25, 0.3) is 0 Å². The standard InChI is InChI=1S/C19H29N3O2/c1-20(2)19(23)24-16-7-5-6-14(12-16)17-9-8-15-13-21(3)11-10-18(15)22(17)4/h5-7,12,15,17-18H,8-11,13H2,1-4H3/t15-,17+,18-/m0/s1. The molecule has 1 aromatic carbocycles. The quantitative estimate of drug-likeness (QED) is 0.835. The molecule has 1 amide bonds. The van der Waals surface area contributed by atoms with Crippen LogP contribution in [0.4, 0.5) is 4.79 Å². The lowest BCUT2D eigenvalue weighted by molar-refractivity contribution is 0.0119. The van der Waals surface area contributed by atoms with Gasteiger partial charge in [-0.2, -0.15) is 0 Å². The van der Waals surface area contributed by atoms with E-state index in [1.54, 1.807) is 14.1 Å². The van der Waals surface area contributed by atoms with Crippen LogP contribution in [0, 0.1) is 5.92 Å². The Morgan fingerprint density at radius 1 is 1.21 bits per heavy atom. The van der Waals surface area contributed by atoms with Gasteiger partial charge in [-0.1, -0.05) is 12.1 Å². The van der Waals surface area contributed by atoms with Gasteiger partial charge >= 0.3 is 6.09 Å². The number of carbonyl (C=O) groups is 1. The molecule has 0 spiro atoms. The van der Waals surface area contributed by atoms with Gasteiger partial charge in [0.05, 0.1) is 0 Å². The third-order valence-corrected chi connectivity index (χ3v) is 5.54. The summed E-state index contributed by atoms with van der Waals surface area (Å²) in [6, 6.07) is 9.09. The highest BCUT2D eigenvalue weighted by molar-refractivity contribution is 5.70. The number of amides is 1. The Morgan fingerprint density at radius 3 is 2.75 bits per heavy atom. The summed E-state index contributed by atoms with van der Waals surface area (Å²) in [5, 5.41) is 0. The molecule has 3 rings (SSSR count). The van der Waals surface area contributed by atoms with Crippen molar-refractivity contribution in [2.75, 3.05) is 41.3 Å². The van der Waals surface area contributed by atoms with Crippen molar-refractivity contribution in [1.29, 1.82) is 0 Å². The minimum atomic E-state index is -0.334. The predicted octanol–water partition coefficient (Wildman–Crippen LogP) is 2.83. The van der Waals surface area contributed by atoms with E-state index in [1.807, 2.05) is 18.2 Å². The van der Waals surface area contributed by atoms with E-state index in [0.29, 0.717) is 17.8 Å². The molecule has 1 aromatic rings. The van der Waals surface area contributed by atoms with Crippen LogP contribution < -0.4 is 4.74 Å². The molecule has 2 fully saturated rings. The molecule has 0 N–H and O–H groups in total. The maximum atomic E-state index is 11.8. The van der Waals surface area contributed by atoms with E-state index < -0.39 is 0 Å². The van der Waals surface area contributed by atoms with Crippen molar-refractivity contribution in [1.82, 2.24) is 14.7 Å². The first kappa shape index (κ1) is 17.2. The fraction of sp³-hybridized carbons (Fsp3) is 0.632. The van der Waals surface area contributed by atoms with Crippen molar-refractivity contribution in [2.24, 2.45) is 5.92 Å². The van der Waals surface area contributed by atoms with Crippen molar-refractivity contribution in [3.63, 3.8) is 0 Å². The number of hydrogen-bond donors (Lipinski definition) is 0. The highest BCUT2D eigenvalue weighted by atomic mass is 16.6. The van der Waals surface area contributed by atoms with Gasteiger partial charge in [0.15, 0.2) is 0 Å². The van der Waals surface area contributed by atoms with Gasteiger partial charge in [0, 0.05) is 32.7 Å². The summed E-state index contributed by atoms with van der Waals surface area (Å²) in [6.45, 7) is 2.39. The zero-order valence-corrected chi connectivity index (χ0v) is 15.2. The van der Waals surface area contributed by atoms with Crippen LogP contribution in [0.1, 0.15) is 30.9 Å². The van der Waals surface area contributed by atoms with Gasteiger partial charge in [-0.15, -0.1) is 0 Å². The molecule has 0 unspecified atom stereocenters. The zero-order chi connectivity index (χ0) is 17.3. The molecule has 2 heterocycles. The van der Waals surface area contributed by atoms with E-state index >= 15 is 0 Å². The maximum Gasteiger partial charge on any atom is 0.414 e. The summed E-state index contributed by atoms with van der Waals surface area (Å²) in [5.41, 5.74) is 1.25. The summed E-state index contributed by atoms with van der Waals surface area (Å²) in [6.07, 6.45) is 3.34. The van der Waals surface area contributed by atoms with Crippen LogP contribution >= 0.6 is 0 Å². The number of hydrogen-bond acceptors (Lipinski definition) is 4. The van der Waals surface area contributed by atoms with Crippen LogP contribution in [0.2, 0.25) is 0 Å².